The van der Waals surface area contributed by atoms with E-state index in [0.717, 1.165) is 6.07 Å². The monoisotopic (exact) mass is 264 g/mol. The van der Waals surface area contributed by atoms with Crippen molar-refractivity contribution in [1.29, 1.82) is 0 Å². The van der Waals surface area contributed by atoms with E-state index in [2.05, 4.69) is 0 Å². The van der Waals surface area contributed by atoms with Crippen molar-refractivity contribution < 1.29 is 23.2 Å². The number of hydrogen-bond donors (Lipinski definition) is 3. The van der Waals surface area contributed by atoms with Crippen LogP contribution in [0.25, 0.3) is 10.8 Å². The van der Waals surface area contributed by atoms with Gasteiger partial charge in [0.2, 0.25) is 0 Å². The maximum absolute atomic E-state index is 10.9. The molecule has 7 heteroatoms. The van der Waals surface area contributed by atoms with E-state index in [1.807, 2.05) is 0 Å². The predicted molar refractivity (Wildman–Crippen MR) is 64.2 cm³/mol. The SMILES string of the molecule is O=S(=O)(O)c1ccc2cc(O)ccc2c1O.[NaH]. The molecule has 86 valence electrons. The summed E-state index contributed by atoms with van der Waals surface area (Å²) in [5.74, 6) is -0.522. The maximum atomic E-state index is 10.9. The van der Waals surface area contributed by atoms with Gasteiger partial charge in [-0.2, -0.15) is 8.42 Å². The first-order chi connectivity index (χ1) is 7.39. The zero-order chi connectivity index (χ0) is 11.9. The van der Waals surface area contributed by atoms with Crippen LogP contribution in [0.1, 0.15) is 0 Å². The summed E-state index contributed by atoms with van der Waals surface area (Å²) in [5.41, 5.74) is 0. The van der Waals surface area contributed by atoms with Gasteiger partial charge in [-0.15, -0.1) is 0 Å². The van der Waals surface area contributed by atoms with E-state index in [-0.39, 0.29) is 40.7 Å². The topological polar surface area (TPSA) is 94.8 Å². The molecule has 0 unspecified atom stereocenters. The molecule has 0 atom stereocenters. The third-order valence-corrected chi connectivity index (χ3v) is 3.10. The number of phenolic OH excluding ortho intramolecular Hbond substituents is 2. The Labute approximate surface area is 120 Å². The molecule has 2 rings (SSSR count). The fourth-order valence-corrected chi connectivity index (χ4v) is 2.08. The van der Waals surface area contributed by atoms with Crippen LogP contribution in [0.2, 0.25) is 0 Å². The second kappa shape index (κ2) is 4.83. The molecule has 0 spiro atoms. The van der Waals surface area contributed by atoms with Gasteiger partial charge in [-0.05, 0) is 29.7 Å². The standard InChI is InChI=1S/C10H8O5S.Na.H/c11-7-2-3-8-6(5-7)1-4-9(10(8)12)16(13,14)15;;/h1-5,11-12H,(H,13,14,15);;. The average molecular weight is 264 g/mol. The number of phenols is 2. The van der Waals surface area contributed by atoms with E-state index in [0.29, 0.717) is 5.39 Å². The minimum atomic E-state index is -4.45. The molecule has 2 aromatic rings. The Balaban J connectivity index is 0.00000144. The van der Waals surface area contributed by atoms with Crippen molar-refractivity contribution in [1.82, 2.24) is 0 Å². The molecule has 0 aliphatic rings. The van der Waals surface area contributed by atoms with Crippen molar-refractivity contribution in [3.8, 4) is 11.5 Å². The third kappa shape index (κ3) is 2.72. The Kier molecular flexibility index (Phi) is 4.06. The second-order valence-corrected chi connectivity index (χ2v) is 4.68. The van der Waals surface area contributed by atoms with Crippen molar-refractivity contribution in [2.24, 2.45) is 0 Å². The van der Waals surface area contributed by atoms with Gasteiger partial charge in [0.1, 0.15) is 16.4 Å². The Bertz CT molecular complexity index is 666. The second-order valence-electron chi connectivity index (χ2n) is 3.29. The van der Waals surface area contributed by atoms with E-state index in [9.17, 15) is 18.6 Å². The van der Waals surface area contributed by atoms with E-state index in [1.165, 1.54) is 24.3 Å². The Morgan fingerprint density at radius 3 is 2.24 bits per heavy atom. The van der Waals surface area contributed by atoms with Crippen LogP contribution in [0, 0.1) is 0 Å². The normalized spacial score (nSPS) is 11.1. The van der Waals surface area contributed by atoms with Gasteiger partial charge < -0.3 is 10.2 Å². The first-order valence-corrected chi connectivity index (χ1v) is 5.76. The molecule has 0 saturated heterocycles. The summed E-state index contributed by atoms with van der Waals surface area (Å²) in [6.45, 7) is 0. The number of rotatable bonds is 1. The molecule has 2 aromatic carbocycles. The minimum absolute atomic E-state index is 0. The third-order valence-electron chi connectivity index (χ3n) is 2.22. The van der Waals surface area contributed by atoms with Crippen LogP contribution >= 0.6 is 0 Å². The molecule has 0 aliphatic carbocycles. The summed E-state index contributed by atoms with van der Waals surface area (Å²) in [4.78, 5) is -0.550. The fraction of sp³-hybridized carbons (Fsp3) is 0. The van der Waals surface area contributed by atoms with E-state index < -0.39 is 20.8 Å². The number of benzene rings is 2. The molecule has 0 radical (unpaired) electrons. The molecule has 5 nitrogen and oxygen atoms in total. The van der Waals surface area contributed by atoms with Gasteiger partial charge in [-0.25, -0.2) is 0 Å². The van der Waals surface area contributed by atoms with Crippen molar-refractivity contribution >= 4 is 50.4 Å². The summed E-state index contributed by atoms with van der Waals surface area (Å²) in [7, 11) is -4.45. The van der Waals surface area contributed by atoms with Gasteiger partial charge in [0.05, 0.1) is 0 Å². The molecule has 0 bridgehead atoms. The van der Waals surface area contributed by atoms with Gasteiger partial charge in [0.25, 0.3) is 10.1 Å². The molecular formula is C10H9NaO5S. The van der Waals surface area contributed by atoms with Gasteiger partial charge >= 0.3 is 29.6 Å². The molecule has 0 amide bonds. The average Bonchev–Trinajstić information content (AvgIpc) is 2.15. The summed E-state index contributed by atoms with van der Waals surface area (Å²) in [5, 5.41) is 19.6. The molecule has 0 heterocycles. The Morgan fingerprint density at radius 2 is 1.65 bits per heavy atom. The predicted octanol–water partition coefficient (Wildman–Crippen LogP) is 0.849. The number of fused-ring (bicyclic) bond motifs is 1. The quantitative estimate of drug-likeness (QED) is 0.524. The van der Waals surface area contributed by atoms with Gasteiger partial charge in [-0.3, -0.25) is 4.55 Å². The number of aromatic hydroxyl groups is 2. The van der Waals surface area contributed by atoms with Crippen LogP contribution in [-0.2, 0) is 10.1 Å². The van der Waals surface area contributed by atoms with Crippen LogP contribution < -0.4 is 0 Å². The Hall–Kier alpha value is -0.790. The first-order valence-electron chi connectivity index (χ1n) is 4.32. The fourth-order valence-electron chi connectivity index (χ4n) is 1.49. The van der Waals surface area contributed by atoms with Crippen molar-refractivity contribution in [2.45, 2.75) is 4.90 Å². The van der Waals surface area contributed by atoms with Crippen LogP contribution in [0.15, 0.2) is 35.2 Å². The van der Waals surface area contributed by atoms with Crippen molar-refractivity contribution in [3.05, 3.63) is 30.3 Å². The molecule has 0 fully saturated rings. The molecule has 17 heavy (non-hydrogen) atoms. The molecular weight excluding hydrogens is 255 g/mol. The molecule has 0 saturated carbocycles. The van der Waals surface area contributed by atoms with Crippen molar-refractivity contribution in [3.63, 3.8) is 0 Å². The molecule has 0 aliphatic heterocycles. The van der Waals surface area contributed by atoms with Crippen LogP contribution in [0.4, 0.5) is 0 Å². The van der Waals surface area contributed by atoms with Crippen LogP contribution in [-0.4, -0.2) is 52.7 Å². The first kappa shape index (κ1) is 14.3. The summed E-state index contributed by atoms with van der Waals surface area (Å²) >= 11 is 0. The van der Waals surface area contributed by atoms with Gasteiger partial charge in [0.15, 0.2) is 0 Å². The van der Waals surface area contributed by atoms with Crippen LogP contribution in [0.5, 0.6) is 11.5 Å². The Morgan fingerprint density at radius 1 is 1.00 bits per heavy atom. The summed E-state index contributed by atoms with van der Waals surface area (Å²) in [6.07, 6.45) is 0. The molecule has 0 aromatic heterocycles. The zero-order valence-electron chi connectivity index (χ0n) is 7.95. The van der Waals surface area contributed by atoms with E-state index in [1.54, 1.807) is 0 Å². The summed E-state index contributed by atoms with van der Waals surface area (Å²) < 4.78 is 30.7. The zero-order valence-corrected chi connectivity index (χ0v) is 8.77. The summed E-state index contributed by atoms with van der Waals surface area (Å²) in [6, 6.07) is 6.53. The molecule has 3 N–H and O–H groups in total. The van der Waals surface area contributed by atoms with Gasteiger partial charge in [0, 0.05) is 5.39 Å². The number of hydrogen-bond acceptors (Lipinski definition) is 4. The van der Waals surface area contributed by atoms with Crippen LogP contribution in [0.3, 0.4) is 0 Å². The van der Waals surface area contributed by atoms with E-state index in [4.69, 9.17) is 4.55 Å². The van der Waals surface area contributed by atoms with E-state index >= 15 is 0 Å². The van der Waals surface area contributed by atoms with Crippen molar-refractivity contribution in [2.75, 3.05) is 0 Å². The van der Waals surface area contributed by atoms with Gasteiger partial charge in [-0.1, -0.05) is 6.07 Å².